The third-order valence-corrected chi connectivity index (χ3v) is 3.27. The van der Waals surface area contributed by atoms with Crippen LogP contribution in [0.2, 0.25) is 10.0 Å². The summed E-state index contributed by atoms with van der Waals surface area (Å²) < 4.78 is 13.3. The molecule has 0 aliphatic heterocycles. The molecule has 0 saturated heterocycles. The van der Waals surface area contributed by atoms with Crippen LogP contribution in [0.5, 0.6) is 0 Å². The number of carboxylic acids is 1. The van der Waals surface area contributed by atoms with E-state index >= 15 is 0 Å². The van der Waals surface area contributed by atoms with Gasteiger partial charge in [0, 0.05) is 15.6 Å². The van der Waals surface area contributed by atoms with Gasteiger partial charge < -0.3 is 5.11 Å². The van der Waals surface area contributed by atoms with Crippen molar-refractivity contribution in [2.24, 2.45) is 0 Å². The summed E-state index contributed by atoms with van der Waals surface area (Å²) in [5.41, 5.74) is 1.38. The Labute approximate surface area is 119 Å². The van der Waals surface area contributed by atoms with Crippen LogP contribution in [0.25, 0.3) is 11.1 Å². The smallest absolute Gasteiger partial charge is 0.307 e. The Hall–Kier alpha value is -1.58. The molecule has 0 aliphatic carbocycles. The monoisotopic (exact) mass is 298 g/mol. The number of carbonyl (C=O) groups is 1. The van der Waals surface area contributed by atoms with E-state index in [9.17, 15) is 9.18 Å². The van der Waals surface area contributed by atoms with Crippen molar-refractivity contribution in [1.29, 1.82) is 0 Å². The Balaban J connectivity index is 2.64. The van der Waals surface area contributed by atoms with Gasteiger partial charge in [0.2, 0.25) is 0 Å². The van der Waals surface area contributed by atoms with Crippen LogP contribution in [0.3, 0.4) is 0 Å². The third kappa shape index (κ3) is 3.06. The molecule has 0 fully saturated rings. The van der Waals surface area contributed by atoms with E-state index in [0.29, 0.717) is 26.7 Å². The summed E-state index contributed by atoms with van der Waals surface area (Å²) in [7, 11) is 0. The van der Waals surface area contributed by atoms with Gasteiger partial charge in [-0.15, -0.1) is 0 Å². The molecule has 0 amide bonds. The fourth-order valence-electron chi connectivity index (χ4n) is 1.87. The maximum absolute atomic E-state index is 13.3. The molecule has 2 aromatic carbocycles. The summed E-state index contributed by atoms with van der Waals surface area (Å²) in [5, 5.41) is 9.67. The van der Waals surface area contributed by atoms with Gasteiger partial charge >= 0.3 is 5.97 Å². The van der Waals surface area contributed by atoms with E-state index in [1.165, 1.54) is 18.2 Å². The lowest BCUT2D eigenvalue weighted by Gasteiger charge is -2.11. The molecule has 0 radical (unpaired) electrons. The zero-order valence-electron chi connectivity index (χ0n) is 9.66. The quantitative estimate of drug-likeness (QED) is 0.910. The van der Waals surface area contributed by atoms with E-state index in [-0.39, 0.29) is 6.42 Å². The number of carboxylic acid groups (broad SMARTS) is 1. The van der Waals surface area contributed by atoms with Crippen molar-refractivity contribution >= 4 is 29.2 Å². The minimum atomic E-state index is -1.05. The van der Waals surface area contributed by atoms with E-state index in [0.717, 1.165) is 0 Å². The molecule has 5 heteroatoms. The molecule has 0 aromatic heterocycles. The molecule has 0 heterocycles. The van der Waals surface area contributed by atoms with Gasteiger partial charge in [-0.3, -0.25) is 4.79 Å². The van der Waals surface area contributed by atoms with Crippen molar-refractivity contribution in [2.75, 3.05) is 0 Å². The number of benzene rings is 2. The molecular weight excluding hydrogens is 290 g/mol. The number of halogens is 3. The first-order valence-corrected chi connectivity index (χ1v) is 6.19. The first-order valence-electron chi connectivity index (χ1n) is 5.43. The maximum Gasteiger partial charge on any atom is 0.307 e. The molecule has 1 N–H and O–H groups in total. The van der Waals surface area contributed by atoms with Crippen LogP contribution >= 0.6 is 23.2 Å². The summed E-state index contributed by atoms with van der Waals surface area (Å²) in [5.74, 6) is -1.54. The molecule has 0 unspecified atom stereocenters. The largest absolute Gasteiger partial charge is 0.481 e. The second kappa shape index (κ2) is 5.59. The molecule has 98 valence electrons. The zero-order valence-corrected chi connectivity index (χ0v) is 11.2. The first-order chi connectivity index (χ1) is 8.99. The minimum Gasteiger partial charge on any atom is -0.481 e. The van der Waals surface area contributed by atoms with E-state index in [1.807, 2.05) is 0 Å². The van der Waals surface area contributed by atoms with E-state index < -0.39 is 11.8 Å². The van der Waals surface area contributed by atoms with Gasteiger partial charge in [-0.1, -0.05) is 35.3 Å². The molecule has 2 nitrogen and oxygen atoms in total. The molecule has 19 heavy (non-hydrogen) atoms. The highest BCUT2D eigenvalue weighted by Gasteiger charge is 2.15. The number of hydrogen-bond donors (Lipinski definition) is 1. The van der Waals surface area contributed by atoms with Crippen molar-refractivity contribution in [2.45, 2.75) is 6.42 Å². The van der Waals surface area contributed by atoms with Crippen LogP contribution in [0.15, 0.2) is 36.4 Å². The highest BCUT2D eigenvalue weighted by Crippen LogP contribution is 2.36. The molecular formula is C14H9Cl2FO2. The SMILES string of the molecule is O=C(O)Cc1cc(F)ccc1-c1c(Cl)cccc1Cl. The second-order valence-corrected chi connectivity index (χ2v) is 4.78. The Morgan fingerprint density at radius 3 is 2.37 bits per heavy atom. The van der Waals surface area contributed by atoms with Gasteiger partial charge in [-0.2, -0.15) is 0 Å². The summed E-state index contributed by atoms with van der Waals surface area (Å²) in [6.07, 6.45) is -0.297. The van der Waals surface area contributed by atoms with Crippen LogP contribution in [-0.2, 0) is 11.2 Å². The van der Waals surface area contributed by atoms with Crippen molar-refractivity contribution in [3.8, 4) is 11.1 Å². The minimum absolute atomic E-state index is 0.297. The average Bonchev–Trinajstić information content (AvgIpc) is 2.30. The maximum atomic E-state index is 13.3. The fraction of sp³-hybridized carbons (Fsp3) is 0.0714. The third-order valence-electron chi connectivity index (χ3n) is 2.64. The van der Waals surface area contributed by atoms with Crippen LogP contribution in [0.4, 0.5) is 4.39 Å². The lowest BCUT2D eigenvalue weighted by molar-refractivity contribution is -0.136. The Morgan fingerprint density at radius 1 is 1.16 bits per heavy atom. The van der Waals surface area contributed by atoms with Gasteiger partial charge in [0.25, 0.3) is 0 Å². The van der Waals surface area contributed by atoms with E-state index in [2.05, 4.69) is 0 Å². The predicted octanol–water partition coefficient (Wildman–Crippen LogP) is 4.43. The standard InChI is InChI=1S/C14H9Cl2FO2/c15-11-2-1-3-12(16)14(11)10-5-4-9(17)6-8(10)7-13(18)19/h1-6H,7H2,(H,18,19). The van der Waals surface area contributed by atoms with Crippen molar-refractivity contribution in [1.82, 2.24) is 0 Å². The number of aliphatic carboxylic acids is 1. The first kappa shape index (κ1) is 13.8. The Bertz CT molecular complexity index is 621. The van der Waals surface area contributed by atoms with E-state index in [4.69, 9.17) is 28.3 Å². The van der Waals surface area contributed by atoms with Gasteiger partial charge in [-0.05, 0) is 35.4 Å². The molecule has 0 saturated carbocycles. The summed E-state index contributed by atoms with van der Waals surface area (Å²) in [4.78, 5) is 10.8. The summed E-state index contributed by atoms with van der Waals surface area (Å²) in [6, 6.07) is 8.91. The lowest BCUT2D eigenvalue weighted by Crippen LogP contribution is -2.02. The van der Waals surface area contributed by atoms with Gasteiger partial charge in [0.15, 0.2) is 0 Å². The fourth-order valence-corrected chi connectivity index (χ4v) is 2.47. The molecule has 0 spiro atoms. The molecule has 0 atom stereocenters. The topological polar surface area (TPSA) is 37.3 Å². The Kier molecular flexibility index (Phi) is 4.08. The van der Waals surface area contributed by atoms with Crippen molar-refractivity contribution < 1.29 is 14.3 Å². The van der Waals surface area contributed by atoms with Gasteiger partial charge in [0.1, 0.15) is 5.82 Å². The molecule has 0 bridgehead atoms. The second-order valence-electron chi connectivity index (χ2n) is 3.97. The average molecular weight is 299 g/mol. The number of hydrogen-bond acceptors (Lipinski definition) is 1. The van der Waals surface area contributed by atoms with Crippen LogP contribution in [-0.4, -0.2) is 11.1 Å². The Morgan fingerprint density at radius 2 is 1.79 bits per heavy atom. The summed E-state index contributed by atoms with van der Waals surface area (Å²) >= 11 is 12.2. The molecule has 2 aromatic rings. The van der Waals surface area contributed by atoms with E-state index in [1.54, 1.807) is 18.2 Å². The number of rotatable bonds is 3. The van der Waals surface area contributed by atoms with Crippen molar-refractivity contribution in [3.63, 3.8) is 0 Å². The van der Waals surface area contributed by atoms with Crippen LogP contribution in [0, 0.1) is 5.82 Å². The normalized spacial score (nSPS) is 10.5. The highest BCUT2D eigenvalue weighted by molar-refractivity contribution is 6.39. The van der Waals surface area contributed by atoms with Crippen LogP contribution < -0.4 is 0 Å². The van der Waals surface area contributed by atoms with Gasteiger partial charge in [-0.25, -0.2) is 4.39 Å². The van der Waals surface area contributed by atoms with Crippen LogP contribution in [0.1, 0.15) is 5.56 Å². The van der Waals surface area contributed by atoms with Gasteiger partial charge in [0.05, 0.1) is 6.42 Å². The highest BCUT2D eigenvalue weighted by atomic mass is 35.5. The molecule has 0 aliphatic rings. The predicted molar refractivity (Wildman–Crippen MR) is 73.2 cm³/mol. The zero-order chi connectivity index (χ0) is 14.0. The molecule has 2 rings (SSSR count). The summed E-state index contributed by atoms with van der Waals surface area (Å²) in [6.45, 7) is 0. The lowest BCUT2D eigenvalue weighted by atomic mass is 9.97. The van der Waals surface area contributed by atoms with Crippen molar-refractivity contribution in [3.05, 3.63) is 57.8 Å².